The minimum atomic E-state index is -4.62. The van der Waals surface area contributed by atoms with Gasteiger partial charge >= 0.3 is 6.18 Å². The Morgan fingerprint density at radius 3 is 2.17 bits per heavy atom. The molecule has 1 aliphatic rings. The van der Waals surface area contributed by atoms with Gasteiger partial charge in [-0.15, -0.1) is 0 Å². The van der Waals surface area contributed by atoms with Crippen LogP contribution in [0.25, 0.3) is 22.5 Å². The van der Waals surface area contributed by atoms with Crippen molar-refractivity contribution in [3.63, 3.8) is 0 Å². The Morgan fingerprint density at radius 2 is 1.43 bits per heavy atom. The number of anilines is 1. The van der Waals surface area contributed by atoms with Gasteiger partial charge in [0.2, 0.25) is 0 Å². The summed E-state index contributed by atoms with van der Waals surface area (Å²) in [7, 11) is 0. The molecule has 5 rings (SSSR count). The van der Waals surface area contributed by atoms with E-state index in [1.54, 1.807) is 24.3 Å². The zero-order chi connectivity index (χ0) is 24.4. The second-order valence-electron chi connectivity index (χ2n) is 7.84. The fourth-order valence-corrected chi connectivity index (χ4v) is 3.81. The van der Waals surface area contributed by atoms with Crippen LogP contribution in [0.15, 0.2) is 84.9 Å². The number of amides is 1. The van der Waals surface area contributed by atoms with Gasteiger partial charge in [-0.3, -0.25) is 4.79 Å². The molecule has 4 aromatic rings. The second-order valence-corrected chi connectivity index (χ2v) is 7.84. The van der Waals surface area contributed by atoms with E-state index in [4.69, 9.17) is 14.5 Å². The molecule has 2 heterocycles. The molecule has 35 heavy (non-hydrogen) atoms. The zero-order valence-electron chi connectivity index (χ0n) is 18.3. The standard InChI is InChI=1S/C27H19F3N2O3/c28-27(29,30)21-5-2-1-4-20(21)26(33)31-19-11-8-17(9-12-19)22-6-3-7-23(32-22)18-10-13-24-25(16-18)35-15-14-34-24/h1-13,16H,14-15H2,(H,31,33). The first-order chi connectivity index (χ1) is 16.9. The van der Waals surface area contributed by atoms with Crippen LogP contribution in [0.1, 0.15) is 15.9 Å². The number of halogens is 3. The highest BCUT2D eigenvalue weighted by Crippen LogP contribution is 2.35. The maximum absolute atomic E-state index is 13.2. The van der Waals surface area contributed by atoms with Crippen molar-refractivity contribution in [2.75, 3.05) is 18.5 Å². The van der Waals surface area contributed by atoms with Crippen LogP contribution in [0.3, 0.4) is 0 Å². The van der Waals surface area contributed by atoms with Gasteiger partial charge in [0.25, 0.3) is 5.91 Å². The molecule has 0 atom stereocenters. The number of nitrogens with zero attached hydrogens (tertiary/aromatic N) is 1. The second kappa shape index (κ2) is 9.13. The van der Waals surface area contributed by atoms with Crippen molar-refractivity contribution in [2.45, 2.75) is 6.18 Å². The zero-order valence-corrected chi connectivity index (χ0v) is 18.3. The van der Waals surface area contributed by atoms with Gasteiger partial charge in [-0.25, -0.2) is 4.98 Å². The van der Waals surface area contributed by atoms with Crippen molar-refractivity contribution in [2.24, 2.45) is 0 Å². The molecule has 0 spiro atoms. The fourth-order valence-electron chi connectivity index (χ4n) is 3.81. The maximum Gasteiger partial charge on any atom is 0.417 e. The Labute approximate surface area is 199 Å². The first-order valence-corrected chi connectivity index (χ1v) is 10.8. The van der Waals surface area contributed by atoms with Gasteiger partial charge in [0.05, 0.1) is 22.5 Å². The smallest absolute Gasteiger partial charge is 0.417 e. The topological polar surface area (TPSA) is 60.5 Å². The summed E-state index contributed by atoms with van der Waals surface area (Å²) >= 11 is 0. The Kier molecular flexibility index (Phi) is 5.86. The Hall–Kier alpha value is -4.33. The molecule has 0 unspecified atom stereocenters. The molecule has 1 amide bonds. The lowest BCUT2D eigenvalue weighted by atomic mass is 10.1. The third kappa shape index (κ3) is 4.82. The first-order valence-electron chi connectivity index (χ1n) is 10.8. The van der Waals surface area contributed by atoms with E-state index in [1.807, 2.05) is 36.4 Å². The lowest BCUT2D eigenvalue weighted by molar-refractivity contribution is -0.137. The number of pyridine rings is 1. The normalized spacial score (nSPS) is 12.8. The van der Waals surface area contributed by atoms with Crippen LogP contribution >= 0.6 is 0 Å². The number of carbonyl (C=O) groups excluding carboxylic acids is 1. The SMILES string of the molecule is O=C(Nc1ccc(-c2cccc(-c3ccc4c(c3)OCCO4)n2)cc1)c1ccccc1C(F)(F)F. The molecule has 0 saturated heterocycles. The summed E-state index contributed by atoms with van der Waals surface area (Å²) < 4.78 is 50.9. The maximum atomic E-state index is 13.2. The highest BCUT2D eigenvalue weighted by atomic mass is 19.4. The monoisotopic (exact) mass is 476 g/mol. The molecule has 0 saturated carbocycles. The molecule has 0 aliphatic carbocycles. The van der Waals surface area contributed by atoms with Crippen molar-refractivity contribution >= 4 is 11.6 Å². The van der Waals surface area contributed by atoms with Crippen LogP contribution in [-0.2, 0) is 6.18 Å². The van der Waals surface area contributed by atoms with Gasteiger partial charge in [0, 0.05) is 16.8 Å². The first kappa shape index (κ1) is 22.5. The molecule has 1 N–H and O–H groups in total. The summed E-state index contributed by atoms with van der Waals surface area (Å²) in [5.41, 5.74) is 2.09. The number of fused-ring (bicyclic) bond motifs is 1. The summed E-state index contributed by atoms with van der Waals surface area (Å²) in [5.74, 6) is 0.546. The average molecular weight is 476 g/mol. The van der Waals surface area contributed by atoms with E-state index in [1.165, 1.54) is 12.1 Å². The average Bonchev–Trinajstić information content (AvgIpc) is 2.88. The summed E-state index contributed by atoms with van der Waals surface area (Å²) in [6.45, 7) is 1.01. The van der Waals surface area contributed by atoms with Gasteiger partial charge in [-0.05, 0) is 54.6 Å². The summed E-state index contributed by atoms with van der Waals surface area (Å²) in [6.07, 6.45) is -4.62. The summed E-state index contributed by atoms with van der Waals surface area (Å²) in [4.78, 5) is 17.2. The van der Waals surface area contributed by atoms with Gasteiger partial charge in [-0.1, -0.05) is 30.3 Å². The van der Waals surface area contributed by atoms with Crippen molar-refractivity contribution in [1.29, 1.82) is 0 Å². The molecule has 176 valence electrons. The Morgan fingerprint density at radius 1 is 0.771 bits per heavy atom. The molecule has 0 fully saturated rings. The van der Waals surface area contributed by atoms with E-state index in [-0.39, 0.29) is 0 Å². The van der Waals surface area contributed by atoms with Crippen LogP contribution in [0.4, 0.5) is 18.9 Å². The molecule has 0 bridgehead atoms. The predicted octanol–water partition coefficient (Wildman–Crippen LogP) is 6.46. The van der Waals surface area contributed by atoms with E-state index in [2.05, 4.69) is 5.32 Å². The molecule has 1 aromatic heterocycles. The van der Waals surface area contributed by atoms with E-state index >= 15 is 0 Å². The number of benzene rings is 3. The largest absolute Gasteiger partial charge is 0.486 e. The van der Waals surface area contributed by atoms with E-state index in [9.17, 15) is 18.0 Å². The van der Waals surface area contributed by atoms with Crippen LogP contribution in [0, 0.1) is 0 Å². The van der Waals surface area contributed by atoms with Crippen molar-refractivity contribution in [3.05, 3.63) is 96.1 Å². The molecular weight excluding hydrogens is 457 g/mol. The van der Waals surface area contributed by atoms with Crippen LogP contribution in [0.2, 0.25) is 0 Å². The Bertz CT molecular complexity index is 1390. The fraction of sp³-hybridized carbons (Fsp3) is 0.111. The number of nitrogens with one attached hydrogen (secondary N) is 1. The third-order valence-corrected chi connectivity index (χ3v) is 5.50. The van der Waals surface area contributed by atoms with Crippen LogP contribution < -0.4 is 14.8 Å². The lowest BCUT2D eigenvalue weighted by Crippen LogP contribution is -2.18. The Balaban J connectivity index is 1.35. The van der Waals surface area contributed by atoms with E-state index < -0.39 is 23.2 Å². The van der Waals surface area contributed by atoms with Gasteiger partial charge in [0.1, 0.15) is 13.2 Å². The minimum Gasteiger partial charge on any atom is -0.486 e. The van der Waals surface area contributed by atoms with Crippen molar-refractivity contribution in [1.82, 2.24) is 4.98 Å². The molecule has 5 nitrogen and oxygen atoms in total. The van der Waals surface area contributed by atoms with E-state index in [0.717, 1.165) is 29.0 Å². The molecular formula is C27H19F3N2O3. The number of alkyl halides is 3. The predicted molar refractivity (Wildman–Crippen MR) is 125 cm³/mol. The quantitative estimate of drug-likeness (QED) is 0.367. The molecule has 8 heteroatoms. The number of hydrogen-bond donors (Lipinski definition) is 1. The number of aromatic nitrogens is 1. The number of carbonyl (C=O) groups is 1. The number of ether oxygens (including phenoxy) is 2. The number of hydrogen-bond acceptors (Lipinski definition) is 4. The lowest BCUT2D eigenvalue weighted by Gasteiger charge is -2.18. The molecule has 1 aliphatic heterocycles. The minimum absolute atomic E-state index is 0.374. The van der Waals surface area contributed by atoms with Crippen LogP contribution in [-0.4, -0.2) is 24.1 Å². The summed E-state index contributed by atoms with van der Waals surface area (Å²) in [5, 5.41) is 2.53. The number of rotatable bonds is 4. The molecule has 0 radical (unpaired) electrons. The molecule has 3 aromatic carbocycles. The third-order valence-electron chi connectivity index (χ3n) is 5.50. The van der Waals surface area contributed by atoms with Crippen molar-refractivity contribution < 1.29 is 27.4 Å². The van der Waals surface area contributed by atoms with Gasteiger partial charge in [0.15, 0.2) is 11.5 Å². The van der Waals surface area contributed by atoms with Gasteiger partial charge in [-0.2, -0.15) is 13.2 Å². The highest BCUT2D eigenvalue weighted by molar-refractivity contribution is 6.05. The van der Waals surface area contributed by atoms with Crippen molar-refractivity contribution in [3.8, 4) is 34.0 Å². The summed E-state index contributed by atoms with van der Waals surface area (Å²) in [6, 6.07) is 22.7. The van der Waals surface area contributed by atoms with Gasteiger partial charge < -0.3 is 14.8 Å². The van der Waals surface area contributed by atoms with Crippen LogP contribution in [0.5, 0.6) is 11.5 Å². The van der Waals surface area contributed by atoms with E-state index in [0.29, 0.717) is 36.1 Å². The highest BCUT2D eigenvalue weighted by Gasteiger charge is 2.34.